The third kappa shape index (κ3) is 5.40. The molecule has 0 spiro atoms. The van der Waals surface area contributed by atoms with Crippen molar-refractivity contribution < 1.29 is 13.2 Å². The van der Waals surface area contributed by atoms with Crippen molar-refractivity contribution in [1.29, 1.82) is 0 Å². The monoisotopic (exact) mass is 500 g/mol. The molecule has 184 valence electrons. The first kappa shape index (κ1) is 24.0. The van der Waals surface area contributed by atoms with Gasteiger partial charge in [0.05, 0.1) is 10.6 Å². The van der Waals surface area contributed by atoms with E-state index in [0.29, 0.717) is 31.1 Å². The van der Waals surface area contributed by atoms with E-state index in [0.717, 1.165) is 27.8 Å². The molecule has 5 rings (SSSR count). The number of ether oxygens (including phenoxy) is 1. The van der Waals surface area contributed by atoms with Crippen LogP contribution in [0.1, 0.15) is 22.3 Å². The van der Waals surface area contributed by atoms with Crippen molar-refractivity contribution in [1.82, 2.24) is 15.3 Å². The molecule has 0 saturated carbocycles. The molecule has 1 aliphatic heterocycles. The summed E-state index contributed by atoms with van der Waals surface area (Å²) in [5, 5.41) is 3.42. The van der Waals surface area contributed by atoms with Gasteiger partial charge in [-0.15, -0.1) is 0 Å². The van der Waals surface area contributed by atoms with Crippen LogP contribution in [-0.4, -0.2) is 31.0 Å². The summed E-state index contributed by atoms with van der Waals surface area (Å²) in [7, 11) is -3.90. The van der Waals surface area contributed by atoms with E-state index in [-0.39, 0.29) is 16.9 Å². The maximum Gasteiger partial charge on any atom is 0.264 e. The second-order valence-electron chi connectivity index (χ2n) is 9.00. The molecule has 4 bridgehead atoms. The fourth-order valence-corrected chi connectivity index (χ4v) is 5.47. The summed E-state index contributed by atoms with van der Waals surface area (Å²) in [6.45, 7) is 5.07. The van der Waals surface area contributed by atoms with Crippen LogP contribution in [0.3, 0.4) is 0 Å². The van der Waals surface area contributed by atoms with E-state index in [9.17, 15) is 8.42 Å². The summed E-state index contributed by atoms with van der Waals surface area (Å²) in [6.07, 6.45) is 0.430. The van der Waals surface area contributed by atoms with Gasteiger partial charge in [0, 0.05) is 31.1 Å². The molecule has 2 heterocycles. The lowest BCUT2D eigenvalue weighted by Gasteiger charge is -2.20. The maximum absolute atomic E-state index is 13.2. The molecular formula is C28H28N4O3S. The standard InChI is InChI=1S/C28H28N4O3S/c1-19-8-6-9-20(2)27(19)25-16-26-31-28(30-25)32-36(33,34)24-13-7-12-22(15-24)17-29-18-23(35-26)14-21-10-4-3-5-11-21/h3-13,15-16,23,29H,14,17-18H2,1-2H3,(H,30,31,32)/t23-/m1/s1. The number of hydrogen-bond acceptors (Lipinski definition) is 6. The topological polar surface area (TPSA) is 93.2 Å². The van der Waals surface area contributed by atoms with Crippen LogP contribution in [0.5, 0.6) is 5.88 Å². The number of fused-ring (bicyclic) bond motifs is 4. The van der Waals surface area contributed by atoms with E-state index >= 15 is 0 Å². The highest BCUT2D eigenvalue weighted by atomic mass is 32.2. The number of anilines is 1. The molecule has 0 saturated heterocycles. The maximum atomic E-state index is 13.2. The normalized spacial score (nSPS) is 17.0. The Morgan fingerprint density at radius 2 is 1.67 bits per heavy atom. The Bertz CT molecular complexity index is 1470. The van der Waals surface area contributed by atoms with Crippen LogP contribution in [0, 0.1) is 13.8 Å². The zero-order chi connectivity index (χ0) is 25.1. The first-order valence-electron chi connectivity index (χ1n) is 11.9. The average molecular weight is 501 g/mol. The van der Waals surface area contributed by atoms with Gasteiger partial charge < -0.3 is 10.1 Å². The Morgan fingerprint density at radius 1 is 0.917 bits per heavy atom. The molecule has 0 amide bonds. The Morgan fingerprint density at radius 3 is 2.44 bits per heavy atom. The van der Waals surface area contributed by atoms with Gasteiger partial charge >= 0.3 is 0 Å². The fraction of sp³-hybridized carbons (Fsp3) is 0.214. The smallest absolute Gasteiger partial charge is 0.264 e. The number of benzene rings is 3. The van der Waals surface area contributed by atoms with Crippen LogP contribution in [0.25, 0.3) is 11.3 Å². The fourth-order valence-electron chi connectivity index (χ4n) is 4.46. The molecule has 1 aromatic heterocycles. The van der Waals surface area contributed by atoms with E-state index in [4.69, 9.17) is 4.74 Å². The third-order valence-corrected chi connectivity index (χ3v) is 7.49. The second-order valence-corrected chi connectivity index (χ2v) is 10.7. The van der Waals surface area contributed by atoms with Gasteiger partial charge in [0.2, 0.25) is 11.8 Å². The van der Waals surface area contributed by atoms with Crippen molar-refractivity contribution in [3.05, 3.63) is 101 Å². The van der Waals surface area contributed by atoms with Crippen molar-refractivity contribution >= 4 is 16.0 Å². The molecule has 1 atom stereocenters. The molecule has 4 aromatic rings. The Balaban J connectivity index is 1.61. The van der Waals surface area contributed by atoms with Crippen LogP contribution < -0.4 is 14.8 Å². The van der Waals surface area contributed by atoms with Crippen molar-refractivity contribution in [2.24, 2.45) is 0 Å². The van der Waals surface area contributed by atoms with Gasteiger partial charge in [-0.05, 0) is 48.2 Å². The number of aryl methyl sites for hydroxylation is 2. The Kier molecular flexibility index (Phi) is 6.71. The number of aromatic nitrogens is 2. The van der Waals surface area contributed by atoms with E-state index in [2.05, 4.69) is 32.1 Å². The highest BCUT2D eigenvalue weighted by Crippen LogP contribution is 2.30. The third-order valence-electron chi connectivity index (χ3n) is 6.17. The van der Waals surface area contributed by atoms with Crippen LogP contribution in [0.2, 0.25) is 0 Å². The van der Waals surface area contributed by atoms with Crippen LogP contribution in [0.15, 0.2) is 83.8 Å². The molecule has 0 radical (unpaired) electrons. The lowest BCUT2D eigenvalue weighted by Crippen LogP contribution is -2.33. The first-order valence-corrected chi connectivity index (χ1v) is 13.3. The van der Waals surface area contributed by atoms with Crippen molar-refractivity contribution in [3.8, 4) is 17.1 Å². The van der Waals surface area contributed by atoms with E-state index in [1.54, 1.807) is 24.3 Å². The molecule has 8 heteroatoms. The van der Waals surface area contributed by atoms with Crippen molar-refractivity contribution in [3.63, 3.8) is 0 Å². The predicted octanol–water partition coefficient (Wildman–Crippen LogP) is 4.65. The largest absolute Gasteiger partial charge is 0.473 e. The van der Waals surface area contributed by atoms with Crippen molar-refractivity contribution in [2.75, 3.05) is 11.3 Å². The molecule has 1 aliphatic rings. The summed E-state index contributed by atoms with van der Waals surface area (Å²) in [4.78, 5) is 9.21. The molecule has 36 heavy (non-hydrogen) atoms. The van der Waals surface area contributed by atoms with Gasteiger partial charge in [-0.2, -0.15) is 4.98 Å². The first-order chi connectivity index (χ1) is 17.4. The summed E-state index contributed by atoms with van der Waals surface area (Å²) in [6, 6.07) is 24.8. The highest BCUT2D eigenvalue weighted by molar-refractivity contribution is 7.92. The molecule has 7 nitrogen and oxygen atoms in total. The molecule has 0 fully saturated rings. The summed E-state index contributed by atoms with van der Waals surface area (Å²) >= 11 is 0. The number of rotatable bonds is 3. The van der Waals surface area contributed by atoms with Gasteiger partial charge in [0.25, 0.3) is 10.0 Å². The van der Waals surface area contributed by atoms with Gasteiger partial charge in [0.1, 0.15) is 6.10 Å². The zero-order valence-electron chi connectivity index (χ0n) is 20.2. The van der Waals surface area contributed by atoms with E-state index in [1.807, 2.05) is 56.3 Å². The van der Waals surface area contributed by atoms with Gasteiger partial charge in [-0.25, -0.2) is 18.1 Å². The van der Waals surface area contributed by atoms with Crippen LogP contribution in [-0.2, 0) is 23.0 Å². The summed E-state index contributed by atoms with van der Waals surface area (Å²) in [5.41, 5.74) is 5.58. The minimum absolute atomic E-state index is 0.0266. The minimum atomic E-state index is -3.90. The van der Waals surface area contributed by atoms with Gasteiger partial charge in [-0.3, -0.25) is 0 Å². The highest BCUT2D eigenvalue weighted by Gasteiger charge is 2.21. The number of nitrogens with one attached hydrogen (secondary N) is 2. The second kappa shape index (κ2) is 10.1. The minimum Gasteiger partial charge on any atom is -0.473 e. The SMILES string of the molecule is Cc1cccc(C)c1-c1cc2nc(n1)NS(=O)(=O)c1cccc(c1)CNC[C@@H](Cc1ccccc1)O2. The Hall–Kier alpha value is -3.75. The zero-order valence-corrected chi connectivity index (χ0v) is 21.0. The molecular weight excluding hydrogens is 472 g/mol. The molecule has 0 aliphatic carbocycles. The lowest BCUT2D eigenvalue weighted by molar-refractivity contribution is 0.190. The quantitative estimate of drug-likeness (QED) is 0.425. The van der Waals surface area contributed by atoms with Crippen LogP contribution >= 0.6 is 0 Å². The van der Waals surface area contributed by atoms with Crippen LogP contribution in [0.4, 0.5) is 5.95 Å². The number of sulfonamides is 1. The molecule has 0 unspecified atom stereocenters. The van der Waals surface area contributed by atoms with E-state index in [1.165, 1.54) is 0 Å². The van der Waals surface area contributed by atoms with E-state index < -0.39 is 10.0 Å². The summed E-state index contributed by atoms with van der Waals surface area (Å²) in [5.74, 6) is 0.287. The van der Waals surface area contributed by atoms with Gasteiger partial charge in [-0.1, -0.05) is 60.7 Å². The summed E-state index contributed by atoms with van der Waals surface area (Å²) < 4.78 is 35.4. The number of nitrogens with zero attached hydrogens (tertiary/aromatic N) is 2. The lowest BCUT2D eigenvalue weighted by atomic mass is 10.00. The Labute approximate surface area is 211 Å². The predicted molar refractivity (Wildman–Crippen MR) is 140 cm³/mol. The molecule has 3 aromatic carbocycles. The van der Waals surface area contributed by atoms with Gasteiger partial charge in [0.15, 0.2) is 0 Å². The van der Waals surface area contributed by atoms with Crippen molar-refractivity contribution in [2.45, 2.75) is 37.8 Å². The average Bonchev–Trinajstić information content (AvgIpc) is 2.84. The molecule has 2 N–H and O–H groups in total. The number of hydrogen-bond donors (Lipinski definition) is 2.